The number of nitrogens with one attached hydrogen (secondary N) is 2. The molecular formula is C12H22N6O. The second kappa shape index (κ2) is 7.01. The molecule has 0 saturated heterocycles. The van der Waals surface area contributed by atoms with Gasteiger partial charge in [0.1, 0.15) is 11.6 Å². The number of hydrazine groups is 1. The van der Waals surface area contributed by atoms with Crippen molar-refractivity contribution in [3.63, 3.8) is 0 Å². The summed E-state index contributed by atoms with van der Waals surface area (Å²) in [6.45, 7) is 6.53. The molecule has 1 aromatic heterocycles. The molecule has 1 heterocycles. The van der Waals surface area contributed by atoms with Gasteiger partial charge in [-0.05, 0) is 27.8 Å². The van der Waals surface area contributed by atoms with Gasteiger partial charge in [-0.25, -0.2) is 15.8 Å². The van der Waals surface area contributed by atoms with Gasteiger partial charge < -0.3 is 10.7 Å². The molecule has 0 atom stereocenters. The van der Waals surface area contributed by atoms with Gasteiger partial charge in [0.2, 0.25) is 5.91 Å². The van der Waals surface area contributed by atoms with E-state index in [1.54, 1.807) is 6.07 Å². The van der Waals surface area contributed by atoms with Crippen molar-refractivity contribution in [3.05, 3.63) is 17.6 Å². The molecule has 4 N–H and O–H groups in total. The number of hydrogen-bond donors (Lipinski definition) is 3. The summed E-state index contributed by atoms with van der Waals surface area (Å²) in [5.74, 6) is 6.53. The van der Waals surface area contributed by atoms with Gasteiger partial charge in [-0.2, -0.15) is 0 Å². The highest BCUT2D eigenvalue weighted by atomic mass is 16.2. The summed E-state index contributed by atoms with van der Waals surface area (Å²) in [7, 11) is 1.85. The maximum atomic E-state index is 11.6. The van der Waals surface area contributed by atoms with Gasteiger partial charge in [-0.3, -0.25) is 9.69 Å². The minimum atomic E-state index is -0.0117. The first-order valence-corrected chi connectivity index (χ1v) is 6.19. The normalized spacial score (nSPS) is 10.9. The van der Waals surface area contributed by atoms with Crippen LogP contribution in [-0.2, 0) is 11.3 Å². The fourth-order valence-electron chi connectivity index (χ4n) is 1.68. The van der Waals surface area contributed by atoms with Crippen LogP contribution in [0.3, 0.4) is 0 Å². The van der Waals surface area contributed by atoms with E-state index in [1.807, 2.05) is 32.7 Å². The van der Waals surface area contributed by atoms with Crippen molar-refractivity contribution in [3.8, 4) is 0 Å². The van der Waals surface area contributed by atoms with Crippen LogP contribution >= 0.6 is 0 Å². The Bertz CT molecular complexity index is 434. The van der Waals surface area contributed by atoms with Crippen molar-refractivity contribution in [2.75, 3.05) is 19.0 Å². The fraction of sp³-hybridized carbons (Fsp3) is 0.583. The Balaban J connectivity index is 2.59. The van der Waals surface area contributed by atoms with E-state index in [-0.39, 0.29) is 11.9 Å². The first-order valence-electron chi connectivity index (χ1n) is 6.19. The van der Waals surface area contributed by atoms with Crippen molar-refractivity contribution in [1.82, 2.24) is 20.2 Å². The number of likely N-dealkylation sites (N-methyl/N-ethyl adjacent to an activating group) is 1. The van der Waals surface area contributed by atoms with Gasteiger partial charge in [-0.15, -0.1) is 0 Å². The molecule has 0 saturated carbocycles. The first kappa shape index (κ1) is 15.3. The third-order valence-corrected chi connectivity index (χ3v) is 2.32. The maximum absolute atomic E-state index is 11.6. The van der Waals surface area contributed by atoms with Crippen molar-refractivity contribution in [1.29, 1.82) is 0 Å². The summed E-state index contributed by atoms with van der Waals surface area (Å²) in [4.78, 5) is 22.0. The van der Waals surface area contributed by atoms with E-state index < -0.39 is 0 Å². The maximum Gasteiger partial charge on any atom is 0.234 e. The van der Waals surface area contributed by atoms with E-state index in [0.29, 0.717) is 24.7 Å². The number of aromatic nitrogens is 2. The standard InChI is InChI=1S/C12H22N6O/c1-8(2)14-12(19)7-18(4)6-11-15-9(3)5-10(16-11)17-13/h5,8H,6-7,13H2,1-4H3,(H,14,19)(H,15,16,17). The summed E-state index contributed by atoms with van der Waals surface area (Å²) >= 11 is 0. The van der Waals surface area contributed by atoms with E-state index >= 15 is 0 Å². The highest BCUT2D eigenvalue weighted by molar-refractivity contribution is 5.78. The molecule has 1 amide bonds. The lowest BCUT2D eigenvalue weighted by Crippen LogP contribution is -2.38. The number of nitrogens with zero attached hydrogens (tertiary/aromatic N) is 3. The molecule has 0 bridgehead atoms. The molecular weight excluding hydrogens is 244 g/mol. The highest BCUT2D eigenvalue weighted by Gasteiger charge is 2.10. The van der Waals surface area contributed by atoms with Gasteiger partial charge in [-0.1, -0.05) is 0 Å². The highest BCUT2D eigenvalue weighted by Crippen LogP contribution is 2.06. The number of nitrogen functional groups attached to an aromatic ring is 1. The molecule has 1 rings (SSSR count). The van der Waals surface area contributed by atoms with Crippen molar-refractivity contribution in [2.45, 2.75) is 33.4 Å². The van der Waals surface area contributed by atoms with Crippen LogP contribution in [-0.4, -0.2) is 40.4 Å². The Kier molecular flexibility index (Phi) is 5.65. The summed E-state index contributed by atoms with van der Waals surface area (Å²) in [6.07, 6.45) is 0. The van der Waals surface area contributed by atoms with Gasteiger partial charge in [0.25, 0.3) is 0 Å². The van der Waals surface area contributed by atoms with Crippen LogP contribution in [0.15, 0.2) is 6.07 Å². The topological polar surface area (TPSA) is 96.2 Å². The minimum absolute atomic E-state index is 0.0117. The summed E-state index contributed by atoms with van der Waals surface area (Å²) in [6, 6.07) is 1.90. The SMILES string of the molecule is Cc1cc(NN)nc(CN(C)CC(=O)NC(C)C)n1. The van der Waals surface area contributed by atoms with E-state index in [0.717, 1.165) is 5.69 Å². The fourth-order valence-corrected chi connectivity index (χ4v) is 1.68. The van der Waals surface area contributed by atoms with E-state index in [1.165, 1.54) is 0 Å². The molecule has 0 spiro atoms. The largest absolute Gasteiger partial charge is 0.353 e. The molecule has 0 fully saturated rings. The van der Waals surface area contributed by atoms with Crippen LogP contribution < -0.4 is 16.6 Å². The third-order valence-electron chi connectivity index (χ3n) is 2.32. The van der Waals surface area contributed by atoms with Crippen LogP contribution in [0.25, 0.3) is 0 Å². The number of hydrogen-bond acceptors (Lipinski definition) is 6. The van der Waals surface area contributed by atoms with Gasteiger partial charge in [0.15, 0.2) is 0 Å². The molecule has 0 aromatic carbocycles. The average molecular weight is 266 g/mol. The van der Waals surface area contributed by atoms with Crippen molar-refractivity contribution < 1.29 is 4.79 Å². The van der Waals surface area contributed by atoms with E-state index in [9.17, 15) is 4.79 Å². The molecule has 106 valence electrons. The number of aryl methyl sites for hydroxylation is 1. The molecule has 0 aliphatic heterocycles. The predicted molar refractivity (Wildman–Crippen MR) is 74.2 cm³/mol. The van der Waals surface area contributed by atoms with Crippen LogP contribution in [0.2, 0.25) is 0 Å². The van der Waals surface area contributed by atoms with Gasteiger partial charge in [0.05, 0.1) is 13.1 Å². The lowest BCUT2D eigenvalue weighted by Gasteiger charge is -2.17. The summed E-state index contributed by atoms with van der Waals surface area (Å²) < 4.78 is 0. The third kappa shape index (κ3) is 5.62. The molecule has 0 aliphatic rings. The molecule has 0 radical (unpaired) electrons. The number of anilines is 1. The van der Waals surface area contributed by atoms with Crippen LogP contribution in [0.4, 0.5) is 5.82 Å². The van der Waals surface area contributed by atoms with E-state index in [2.05, 4.69) is 20.7 Å². The number of carbonyl (C=O) groups excluding carboxylic acids is 1. The Hall–Kier alpha value is -1.73. The smallest absolute Gasteiger partial charge is 0.234 e. The van der Waals surface area contributed by atoms with E-state index in [4.69, 9.17) is 5.84 Å². The molecule has 7 heteroatoms. The lowest BCUT2D eigenvalue weighted by molar-refractivity contribution is -0.122. The number of nitrogens with two attached hydrogens (primary N) is 1. The second-order valence-electron chi connectivity index (χ2n) is 4.85. The van der Waals surface area contributed by atoms with Gasteiger partial charge >= 0.3 is 0 Å². The first-order chi connectivity index (χ1) is 8.90. The number of amides is 1. The zero-order valence-corrected chi connectivity index (χ0v) is 11.9. The van der Waals surface area contributed by atoms with Crippen molar-refractivity contribution in [2.24, 2.45) is 5.84 Å². The molecule has 1 aromatic rings. The zero-order valence-electron chi connectivity index (χ0n) is 11.9. The monoisotopic (exact) mass is 266 g/mol. The lowest BCUT2D eigenvalue weighted by atomic mass is 10.3. The second-order valence-corrected chi connectivity index (χ2v) is 4.85. The zero-order chi connectivity index (χ0) is 14.4. The number of carbonyl (C=O) groups is 1. The Morgan fingerprint density at radius 1 is 1.47 bits per heavy atom. The average Bonchev–Trinajstić information content (AvgIpc) is 2.26. The summed E-state index contributed by atoms with van der Waals surface area (Å²) in [5, 5.41) is 2.84. The molecule has 0 aliphatic carbocycles. The van der Waals surface area contributed by atoms with Crippen LogP contribution in [0, 0.1) is 6.92 Å². The predicted octanol–water partition coefficient (Wildman–Crippen LogP) is 0.0270. The van der Waals surface area contributed by atoms with Crippen molar-refractivity contribution >= 4 is 11.7 Å². The Morgan fingerprint density at radius 2 is 2.16 bits per heavy atom. The molecule has 19 heavy (non-hydrogen) atoms. The van der Waals surface area contributed by atoms with Crippen LogP contribution in [0.1, 0.15) is 25.4 Å². The Morgan fingerprint density at radius 3 is 2.74 bits per heavy atom. The quantitative estimate of drug-likeness (QED) is 0.496. The minimum Gasteiger partial charge on any atom is -0.353 e. The number of rotatable bonds is 6. The summed E-state index contributed by atoms with van der Waals surface area (Å²) in [5.41, 5.74) is 3.33. The molecule has 0 unspecified atom stereocenters. The Labute approximate surface area is 113 Å². The van der Waals surface area contributed by atoms with Crippen LogP contribution in [0.5, 0.6) is 0 Å². The van der Waals surface area contributed by atoms with Gasteiger partial charge in [0, 0.05) is 17.8 Å². The molecule has 7 nitrogen and oxygen atoms in total.